The van der Waals surface area contributed by atoms with Crippen LogP contribution in [0.3, 0.4) is 0 Å². The van der Waals surface area contributed by atoms with Crippen LogP contribution in [0.2, 0.25) is 0 Å². The first-order chi connectivity index (χ1) is 41.0. The van der Waals surface area contributed by atoms with E-state index >= 15 is 0 Å². The molecule has 0 amide bonds. The second-order valence-electron chi connectivity index (χ2n) is 21.6. The average molecular weight is 1140 g/mol. The van der Waals surface area contributed by atoms with Crippen molar-refractivity contribution in [1.29, 1.82) is 0 Å². The smallest absolute Gasteiger partial charge is 0.306 e. The molecule has 0 heterocycles. The summed E-state index contributed by atoms with van der Waals surface area (Å²) in [5.41, 5.74) is 0. The van der Waals surface area contributed by atoms with Gasteiger partial charge in [-0.05, 0) is 141 Å². The van der Waals surface area contributed by atoms with Gasteiger partial charge in [-0.3, -0.25) is 14.4 Å². The lowest BCUT2D eigenvalue weighted by atomic mass is 10.0. The van der Waals surface area contributed by atoms with Crippen LogP contribution in [0.1, 0.15) is 278 Å². The summed E-state index contributed by atoms with van der Waals surface area (Å²) in [6, 6.07) is 0. The normalized spacial score (nSPS) is 13.2. The van der Waals surface area contributed by atoms with Crippen molar-refractivity contribution >= 4 is 17.9 Å². The third kappa shape index (κ3) is 67.4. The van der Waals surface area contributed by atoms with Gasteiger partial charge in [0.2, 0.25) is 0 Å². The number of esters is 3. The van der Waals surface area contributed by atoms with E-state index in [1.165, 1.54) is 77.0 Å². The Morgan fingerprint density at radius 1 is 0.253 bits per heavy atom. The van der Waals surface area contributed by atoms with Crippen molar-refractivity contribution in [2.24, 2.45) is 0 Å². The maximum Gasteiger partial charge on any atom is 0.306 e. The van der Waals surface area contributed by atoms with E-state index in [1.54, 1.807) is 0 Å². The van der Waals surface area contributed by atoms with E-state index in [4.69, 9.17) is 14.2 Å². The van der Waals surface area contributed by atoms with Gasteiger partial charge in [-0.15, -0.1) is 0 Å². The summed E-state index contributed by atoms with van der Waals surface area (Å²) in [7, 11) is 0. The summed E-state index contributed by atoms with van der Waals surface area (Å²) < 4.78 is 16.9. The molecule has 0 bridgehead atoms. The van der Waals surface area contributed by atoms with Crippen LogP contribution < -0.4 is 0 Å². The molecule has 0 aromatic carbocycles. The van der Waals surface area contributed by atoms with Crippen LogP contribution in [0.4, 0.5) is 0 Å². The number of unbranched alkanes of at least 4 members (excludes halogenated alkanes) is 20. The molecule has 466 valence electrons. The molecule has 0 fully saturated rings. The summed E-state index contributed by atoms with van der Waals surface area (Å²) in [5.74, 6) is -0.991. The van der Waals surface area contributed by atoms with Gasteiger partial charge < -0.3 is 14.2 Å². The minimum Gasteiger partial charge on any atom is -0.462 e. The fourth-order valence-corrected chi connectivity index (χ4v) is 8.73. The number of rotatable bonds is 59. The molecular weight excluding hydrogens is 1020 g/mol. The van der Waals surface area contributed by atoms with Crippen molar-refractivity contribution in [3.8, 4) is 0 Å². The molecule has 6 nitrogen and oxygen atoms in total. The lowest BCUT2D eigenvalue weighted by Gasteiger charge is -2.18. The number of carbonyl (C=O) groups excluding carboxylic acids is 3. The lowest BCUT2D eigenvalue weighted by Crippen LogP contribution is -2.30. The second kappa shape index (κ2) is 69.3. The van der Waals surface area contributed by atoms with Gasteiger partial charge in [0.1, 0.15) is 13.2 Å². The first-order valence-corrected chi connectivity index (χ1v) is 33.6. The fourth-order valence-electron chi connectivity index (χ4n) is 8.73. The fraction of sp³-hybridized carbons (Fsp3) is 0.597. The molecule has 0 saturated carbocycles. The largest absolute Gasteiger partial charge is 0.462 e. The number of ether oxygens (including phenoxy) is 3. The van der Waals surface area contributed by atoms with Gasteiger partial charge in [0.15, 0.2) is 6.10 Å². The van der Waals surface area contributed by atoms with E-state index in [9.17, 15) is 14.4 Å². The molecule has 0 aliphatic heterocycles. The zero-order valence-electron chi connectivity index (χ0n) is 53.4. The average Bonchev–Trinajstić information content (AvgIpc) is 3.49. The zero-order chi connectivity index (χ0) is 59.9. The van der Waals surface area contributed by atoms with Gasteiger partial charge in [0.05, 0.1) is 0 Å². The molecule has 1 atom stereocenters. The van der Waals surface area contributed by atoms with Gasteiger partial charge >= 0.3 is 17.9 Å². The van der Waals surface area contributed by atoms with Crippen molar-refractivity contribution in [2.45, 2.75) is 284 Å². The molecule has 0 aliphatic carbocycles. The SMILES string of the molecule is CC/C=C\C/C=C\C/C=C\C/C=C\C/C=C\C/C=C\C/C=C\CCCC(=O)OC(COC(=O)CCCCCCC/C=C\C/C=C\CCC)COC(=O)CCCCCCCCCCCCCCC/C=C\C/C=C\C/C=C\C/C=C\C/C=C\CC. The highest BCUT2D eigenvalue weighted by Crippen LogP contribution is 2.15. The van der Waals surface area contributed by atoms with Crippen molar-refractivity contribution in [1.82, 2.24) is 0 Å². The molecule has 1 unspecified atom stereocenters. The van der Waals surface area contributed by atoms with E-state index in [-0.39, 0.29) is 37.5 Å². The Morgan fingerprint density at radius 3 is 0.771 bits per heavy atom. The second-order valence-corrected chi connectivity index (χ2v) is 21.6. The highest BCUT2D eigenvalue weighted by atomic mass is 16.6. The molecule has 0 aromatic rings. The Kier molecular flexibility index (Phi) is 64.9. The molecular formula is C77H122O6. The van der Waals surface area contributed by atoms with Crippen molar-refractivity contribution in [3.63, 3.8) is 0 Å². The quantitative estimate of drug-likeness (QED) is 0.0261. The predicted molar refractivity (Wildman–Crippen MR) is 361 cm³/mol. The number of hydrogen-bond donors (Lipinski definition) is 0. The minimum absolute atomic E-state index is 0.113. The maximum atomic E-state index is 12.9. The van der Waals surface area contributed by atoms with Gasteiger partial charge in [-0.1, -0.05) is 287 Å². The third-order valence-corrected chi connectivity index (χ3v) is 13.7. The van der Waals surface area contributed by atoms with Gasteiger partial charge in [0, 0.05) is 19.3 Å². The summed E-state index contributed by atoms with van der Waals surface area (Å²) in [5, 5.41) is 0. The Bertz CT molecular complexity index is 1890. The molecule has 0 radical (unpaired) electrons. The Hall–Kier alpha value is -5.23. The Balaban J connectivity index is 4.40. The van der Waals surface area contributed by atoms with Crippen LogP contribution in [0.25, 0.3) is 0 Å². The van der Waals surface area contributed by atoms with Crippen molar-refractivity contribution < 1.29 is 28.6 Å². The molecule has 0 N–H and O–H groups in total. The van der Waals surface area contributed by atoms with Crippen LogP contribution in [-0.4, -0.2) is 37.2 Å². The van der Waals surface area contributed by atoms with E-state index in [0.717, 1.165) is 154 Å². The molecule has 0 rings (SSSR count). The van der Waals surface area contributed by atoms with Crippen LogP contribution in [0.15, 0.2) is 170 Å². The molecule has 83 heavy (non-hydrogen) atoms. The predicted octanol–water partition coefficient (Wildman–Crippen LogP) is 23.4. The van der Waals surface area contributed by atoms with Crippen molar-refractivity contribution in [2.75, 3.05) is 13.2 Å². The first-order valence-electron chi connectivity index (χ1n) is 33.6. The van der Waals surface area contributed by atoms with E-state index in [2.05, 4.69) is 191 Å². The minimum atomic E-state index is -0.825. The third-order valence-electron chi connectivity index (χ3n) is 13.7. The Labute approximate surface area is 511 Å². The first kappa shape index (κ1) is 77.8. The van der Waals surface area contributed by atoms with E-state index in [0.29, 0.717) is 19.3 Å². The number of carbonyl (C=O) groups is 3. The standard InChI is InChI=1S/C77H122O6/c1-4-7-10-13-16-19-22-25-27-29-31-33-35-36-37-38-39-40-42-43-45-47-49-52-55-58-61-64-67-70-76(79)82-73-74(72-81-75(78)69-66-63-60-57-54-51-24-21-18-15-12-9-6-3)83-77(80)71-68-65-62-59-56-53-50-48-46-44-41-34-32-30-28-26-23-20-17-14-11-8-5-2/h7-8,10-12,15-17,19-21,24-28,31-34,36-37,44,46,50,53,59,62,74H,4-6,9,13-14,18,22-23,29-30,35,38-43,45,47-49,51-52,54-58,60-61,63-73H2,1-3H3/b10-7-,11-8-,15-12-,19-16-,20-17-,24-21-,27-25-,28-26-,33-31-,34-32-,37-36-,46-44-,53-50-,62-59-. The molecule has 0 aromatic heterocycles. The van der Waals surface area contributed by atoms with Crippen LogP contribution in [0, 0.1) is 0 Å². The van der Waals surface area contributed by atoms with Crippen LogP contribution >= 0.6 is 0 Å². The molecule has 0 saturated heterocycles. The summed E-state index contributed by atoms with van der Waals surface area (Å²) in [4.78, 5) is 38.3. The molecule has 0 aliphatic rings. The van der Waals surface area contributed by atoms with Gasteiger partial charge in [-0.2, -0.15) is 0 Å². The highest BCUT2D eigenvalue weighted by molar-refractivity contribution is 5.71. The Morgan fingerprint density at radius 2 is 0.482 bits per heavy atom. The summed E-state index contributed by atoms with van der Waals surface area (Å²) in [6.45, 7) is 6.29. The van der Waals surface area contributed by atoms with Gasteiger partial charge in [0.25, 0.3) is 0 Å². The number of allylic oxidation sites excluding steroid dienone is 28. The van der Waals surface area contributed by atoms with Crippen LogP contribution in [-0.2, 0) is 28.6 Å². The highest BCUT2D eigenvalue weighted by Gasteiger charge is 2.19. The summed E-state index contributed by atoms with van der Waals surface area (Å²) >= 11 is 0. The van der Waals surface area contributed by atoms with Gasteiger partial charge in [-0.25, -0.2) is 0 Å². The molecule has 6 heteroatoms. The number of hydrogen-bond acceptors (Lipinski definition) is 6. The summed E-state index contributed by atoms with van der Waals surface area (Å²) in [6.07, 6.45) is 102. The van der Waals surface area contributed by atoms with Crippen molar-refractivity contribution in [3.05, 3.63) is 170 Å². The lowest BCUT2D eigenvalue weighted by molar-refractivity contribution is -0.167. The monoisotopic (exact) mass is 1140 g/mol. The van der Waals surface area contributed by atoms with E-state index in [1.807, 2.05) is 0 Å². The topological polar surface area (TPSA) is 78.9 Å². The molecule has 0 spiro atoms. The maximum absolute atomic E-state index is 12.9. The zero-order valence-corrected chi connectivity index (χ0v) is 53.4. The van der Waals surface area contributed by atoms with Crippen LogP contribution in [0.5, 0.6) is 0 Å². The van der Waals surface area contributed by atoms with E-state index < -0.39 is 6.10 Å².